The molecule has 4 aromatic carbocycles. The highest BCUT2D eigenvalue weighted by molar-refractivity contribution is 6.30. The quantitative estimate of drug-likeness (QED) is 0.0479. The predicted octanol–water partition coefficient (Wildman–Crippen LogP) is 6.37. The van der Waals surface area contributed by atoms with Crippen molar-refractivity contribution in [2.75, 3.05) is 20.3 Å². The van der Waals surface area contributed by atoms with Crippen molar-refractivity contribution in [1.82, 2.24) is 10.9 Å². The molecule has 0 aliphatic carbocycles. The van der Waals surface area contributed by atoms with E-state index >= 15 is 0 Å². The Morgan fingerprint density at radius 2 is 1.85 bits per heavy atom. The molecule has 0 fully saturated rings. The Labute approximate surface area is 271 Å². The molecule has 0 unspecified atom stereocenters. The molecule has 46 heavy (non-hydrogen) atoms. The van der Waals surface area contributed by atoms with E-state index in [1.165, 1.54) is 0 Å². The molecule has 1 aliphatic heterocycles. The van der Waals surface area contributed by atoms with Gasteiger partial charge in [-0.15, -0.1) is 0 Å². The molecule has 1 amide bonds. The molecule has 1 heterocycles. The molecule has 12 heteroatoms. The zero-order chi connectivity index (χ0) is 32.4. The minimum absolute atomic E-state index is 0.0376. The van der Waals surface area contributed by atoms with Crippen LogP contribution in [0.4, 0.5) is 5.69 Å². The van der Waals surface area contributed by atoms with Gasteiger partial charge in [0.25, 0.3) is 5.91 Å². The van der Waals surface area contributed by atoms with Gasteiger partial charge < -0.3 is 19.3 Å². The van der Waals surface area contributed by atoms with Crippen molar-refractivity contribution >= 4 is 29.1 Å². The number of hydrazine groups is 1. The van der Waals surface area contributed by atoms with Gasteiger partial charge >= 0.3 is 0 Å². The molecule has 0 bridgehead atoms. The van der Waals surface area contributed by atoms with Gasteiger partial charge in [0.05, 0.1) is 13.7 Å². The van der Waals surface area contributed by atoms with E-state index in [1.54, 1.807) is 61.7 Å². The van der Waals surface area contributed by atoms with Gasteiger partial charge in [-0.05, 0) is 70.8 Å². The highest BCUT2D eigenvalue weighted by Gasteiger charge is 2.53. The van der Waals surface area contributed by atoms with Crippen LogP contribution in [0.15, 0.2) is 107 Å². The first-order chi connectivity index (χ1) is 22.5. The minimum atomic E-state index is -1.55. The van der Waals surface area contributed by atoms with Crippen LogP contribution in [0.2, 0.25) is 5.02 Å². The molecule has 0 saturated carbocycles. The first-order valence-electron chi connectivity index (χ1n) is 14.6. The van der Waals surface area contributed by atoms with E-state index < -0.39 is 17.6 Å². The average Bonchev–Trinajstić information content (AvgIpc) is 3.47. The monoisotopic (exact) mass is 640 g/mol. The summed E-state index contributed by atoms with van der Waals surface area (Å²) in [6.45, 7) is 0.741. The SMILES string of the molecule is COc1cccc([C@@H]2OC(c3ccc(OCCCO)cc3)=N[C@]2(Cc2ccccc2N=[N+]=[N-])C(=O)NNCc2ccc(Cl)cc2)c1. The maximum absolute atomic E-state index is 14.4. The molecule has 1 aliphatic rings. The summed E-state index contributed by atoms with van der Waals surface area (Å²) in [5.74, 6) is 1.01. The highest BCUT2D eigenvalue weighted by Crippen LogP contribution is 2.44. The van der Waals surface area contributed by atoms with E-state index in [9.17, 15) is 10.3 Å². The van der Waals surface area contributed by atoms with Crippen LogP contribution in [-0.2, 0) is 22.5 Å². The van der Waals surface area contributed by atoms with Crippen LogP contribution in [0.25, 0.3) is 10.4 Å². The second kappa shape index (κ2) is 15.3. The number of hydrogen-bond donors (Lipinski definition) is 3. The number of aliphatic imine (C=N–C) groups is 1. The van der Waals surface area contributed by atoms with Crippen LogP contribution < -0.4 is 20.3 Å². The van der Waals surface area contributed by atoms with E-state index in [4.69, 9.17) is 35.9 Å². The number of amides is 1. The topological polar surface area (TPSA) is 150 Å². The molecule has 2 atom stereocenters. The molecule has 3 N–H and O–H groups in total. The number of rotatable bonds is 14. The van der Waals surface area contributed by atoms with Crippen molar-refractivity contribution < 1.29 is 24.1 Å². The van der Waals surface area contributed by atoms with Crippen LogP contribution in [-0.4, -0.2) is 42.8 Å². The third-order valence-corrected chi connectivity index (χ3v) is 7.69. The first kappa shape index (κ1) is 32.3. The third kappa shape index (κ3) is 7.59. The number of aliphatic hydroxyl groups is 1. The Kier molecular flexibility index (Phi) is 10.7. The fraction of sp³-hybridized carbons (Fsp3) is 0.235. The number of benzene rings is 4. The third-order valence-electron chi connectivity index (χ3n) is 7.44. The Morgan fingerprint density at radius 3 is 2.59 bits per heavy atom. The lowest BCUT2D eigenvalue weighted by Crippen LogP contribution is -2.53. The fourth-order valence-corrected chi connectivity index (χ4v) is 5.25. The van der Waals surface area contributed by atoms with E-state index in [0.717, 1.165) is 5.56 Å². The fourth-order valence-electron chi connectivity index (χ4n) is 5.12. The standard InChI is InChI=1S/C34H33ClN6O5/c1-44-29-8-4-7-25(20-29)31-34(21-26-6-2-3-9-30(26)39-41-36,33(43)40-37-22-23-10-14-27(35)15-11-23)38-32(46-31)24-12-16-28(17-13-24)45-19-5-18-42/h2-4,6-17,20,31,37,42H,5,18-19,21-22H2,1H3,(H,40,43)/t31-,34-/m0/s1. The lowest BCUT2D eigenvalue weighted by molar-refractivity contribution is -0.130. The number of halogens is 1. The molecule has 5 rings (SSSR count). The Bertz CT molecular complexity index is 1730. The normalized spacial score (nSPS) is 16.9. The molecular weight excluding hydrogens is 608 g/mol. The van der Waals surface area contributed by atoms with Gasteiger partial charge in [0, 0.05) is 47.2 Å². The van der Waals surface area contributed by atoms with Gasteiger partial charge in [-0.3, -0.25) is 10.2 Å². The number of aliphatic hydroxyl groups excluding tert-OH is 1. The number of nitrogens with zero attached hydrogens (tertiary/aromatic N) is 4. The van der Waals surface area contributed by atoms with E-state index in [1.807, 2.05) is 42.5 Å². The smallest absolute Gasteiger partial charge is 0.266 e. The number of carbonyl (C=O) groups excluding carboxylic acids is 1. The summed E-state index contributed by atoms with van der Waals surface area (Å²) in [7, 11) is 1.57. The van der Waals surface area contributed by atoms with Crippen molar-refractivity contribution in [3.8, 4) is 11.5 Å². The van der Waals surface area contributed by atoms with Crippen molar-refractivity contribution in [3.05, 3.63) is 135 Å². The predicted molar refractivity (Wildman–Crippen MR) is 175 cm³/mol. The number of nitrogens with one attached hydrogen (secondary N) is 2. The Hall–Kier alpha value is -5.06. The second-order valence-corrected chi connectivity index (χ2v) is 10.9. The van der Waals surface area contributed by atoms with Crippen LogP contribution >= 0.6 is 11.6 Å². The molecule has 236 valence electrons. The summed E-state index contributed by atoms with van der Waals surface area (Å²) in [6.07, 6.45) is -0.333. The number of ether oxygens (including phenoxy) is 3. The minimum Gasteiger partial charge on any atom is -0.497 e. The second-order valence-electron chi connectivity index (χ2n) is 10.5. The first-order valence-corrected chi connectivity index (χ1v) is 15.0. The van der Waals surface area contributed by atoms with Gasteiger partial charge in [-0.2, -0.15) is 0 Å². The highest BCUT2D eigenvalue weighted by atomic mass is 35.5. The summed E-state index contributed by atoms with van der Waals surface area (Å²) in [5, 5.41) is 13.6. The van der Waals surface area contributed by atoms with Gasteiger partial charge in [-0.1, -0.05) is 65.2 Å². The van der Waals surface area contributed by atoms with Crippen LogP contribution in [0, 0.1) is 0 Å². The molecule has 11 nitrogen and oxygen atoms in total. The zero-order valence-electron chi connectivity index (χ0n) is 25.1. The maximum Gasteiger partial charge on any atom is 0.266 e. The van der Waals surface area contributed by atoms with Crippen LogP contribution in [0.5, 0.6) is 11.5 Å². The molecular formula is C34H33ClN6O5. The maximum atomic E-state index is 14.4. The summed E-state index contributed by atoms with van der Waals surface area (Å²) in [4.78, 5) is 22.5. The molecule has 0 aromatic heterocycles. The van der Waals surface area contributed by atoms with Crippen molar-refractivity contribution in [1.29, 1.82) is 0 Å². The lowest BCUT2D eigenvalue weighted by atomic mass is 9.81. The van der Waals surface area contributed by atoms with Gasteiger partial charge in [0.15, 0.2) is 11.6 Å². The number of carbonyl (C=O) groups is 1. The van der Waals surface area contributed by atoms with Crippen molar-refractivity contribution in [2.24, 2.45) is 10.1 Å². The van der Waals surface area contributed by atoms with E-state index in [-0.39, 0.29) is 18.9 Å². The Balaban J connectivity index is 1.57. The van der Waals surface area contributed by atoms with Crippen molar-refractivity contribution in [2.45, 2.75) is 31.0 Å². The number of methoxy groups -OCH3 is 1. The van der Waals surface area contributed by atoms with E-state index in [0.29, 0.717) is 58.5 Å². The van der Waals surface area contributed by atoms with Gasteiger partial charge in [-0.25, -0.2) is 10.4 Å². The number of azide groups is 1. The van der Waals surface area contributed by atoms with Crippen LogP contribution in [0.1, 0.15) is 34.8 Å². The molecule has 4 aromatic rings. The molecule has 0 saturated heterocycles. The molecule has 0 spiro atoms. The number of hydrogen-bond acceptors (Lipinski definition) is 8. The summed E-state index contributed by atoms with van der Waals surface area (Å²) in [5.41, 5.74) is 16.8. The van der Waals surface area contributed by atoms with E-state index in [2.05, 4.69) is 20.9 Å². The Morgan fingerprint density at radius 1 is 1.07 bits per heavy atom. The summed E-state index contributed by atoms with van der Waals surface area (Å²) < 4.78 is 17.8. The van der Waals surface area contributed by atoms with Crippen molar-refractivity contribution in [3.63, 3.8) is 0 Å². The average molecular weight is 641 g/mol. The summed E-state index contributed by atoms with van der Waals surface area (Å²) >= 11 is 6.04. The van der Waals surface area contributed by atoms with Gasteiger partial charge in [0.2, 0.25) is 5.90 Å². The molecule has 0 radical (unpaired) electrons. The largest absolute Gasteiger partial charge is 0.497 e. The summed E-state index contributed by atoms with van der Waals surface area (Å²) in [6, 6.07) is 28.8. The van der Waals surface area contributed by atoms with Gasteiger partial charge in [0.1, 0.15) is 11.5 Å². The zero-order valence-corrected chi connectivity index (χ0v) is 25.9. The lowest BCUT2D eigenvalue weighted by Gasteiger charge is -2.31. The van der Waals surface area contributed by atoms with Crippen LogP contribution in [0.3, 0.4) is 0 Å².